The maximum absolute atomic E-state index is 11.5. The van der Waals surface area contributed by atoms with E-state index in [2.05, 4.69) is 10.6 Å². The van der Waals surface area contributed by atoms with Crippen molar-refractivity contribution in [3.05, 3.63) is 35.9 Å². The second kappa shape index (κ2) is 7.79. The Bertz CT molecular complexity index is 375. The molecule has 1 aromatic carbocycles. The molecule has 1 saturated heterocycles. The normalized spacial score (nSPS) is 16.0. The minimum absolute atomic E-state index is 0.321. The van der Waals surface area contributed by atoms with Gasteiger partial charge in [-0.15, -0.1) is 0 Å². The van der Waals surface area contributed by atoms with Crippen LogP contribution in [-0.2, 0) is 11.3 Å². The van der Waals surface area contributed by atoms with E-state index < -0.39 is 0 Å². The fourth-order valence-corrected chi connectivity index (χ4v) is 2.32. The number of carbonyl (C=O) groups excluding carboxylic acids is 1. The number of nitrogens with one attached hydrogen (secondary N) is 2. The summed E-state index contributed by atoms with van der Waals surface area (Å²) in [5, 5.41) is 6.16. The highest BCUT2D eigenvalue weighted by molar-refractivity contribution is 5.67. The lowest BCUT2D eigenvalue weighted by atomic mass is 9.95. The van der Waals surface area contributed by atoms with Crippen LogP contribution < -0.4 is 10.6 Å². The number of carbonyl (C=O) groups is 1. The van der Waals surface area contributed by atoms with Crippen LogP contribution in [0.3, 0.4) is 0 Å². The number of ether oxygens (including phenoxy) is 1. The first-order valence-corrected chi connectivity index (χ1v) is 7.00. The van der Waals surface area contributed by atoms with E-state index in [1.54, 1.807) is 0 Å². The smallest absolute Gasteiger partial charge is 0.407 e. The minimum Gasteiger partial charge on any atom is -0.445 e. The average molecular weight is 262 g/mol. The Morgan fingerprint density at radius 1 is 1.26 bits per heavy atom. The van der Waals surface area contributed by atoms with Gasteiger partial charge in [0.1, 0.15) is 6.61 Å². The van der Waals surface area contributed by atoms with Crippen LogP contribution in [0.25, 0.3) is 0 Å². The van der Waals surface area contributed by atoms with Crippen LogP contribution >= 0.6 is 0 Å². The molecule has 1 aliphatic heterocycles. The molecular weight excluding hydrogens is 240 g/mol. The van der Waals surface area contributed by atoms with Crippen molar-refractivity contribution in [2.24, 2.45) is 5.92 Å². The quantitative estimate of drug-likeness (QED) is 0.856. The van der Waals surface area contributed by atoms with Gasteiger partial charge in [0, 0.05) is 6.54 Å². The van der Waals surface area contributed by atoms with E-state index >= 15 is 0 Å². The molecule has 0 unspecified atom stereocenters. The van der Waals surface area contributed by atoms with Crippen LogP contribution in [0, 0.1) is 5.92 Å². The van der Waals surface area contributed by atoms with Gasteiger partial charge in [-0.2, -0.15) is 0 Å². The van der Waals surface area contributed by atoms with Crippen molar-refractivity contribution >= 4 is 6.09 Å². The van der Waals surface area contributed by atoms with E-state index in [4.69, 9.17) is 4.74 Å². The van der Waals surface area contributed by atoms with Crippen LogP contribution in [0.1, 0.15) is 24.8 Å². The van der Waals surface area contributed by atoms with Crippen molar-refractivity contribution < 1.29 is 9.53 Å². The van der Waals surface area contributed by atoms with Gasteiger partial charge in [0.05, 0.1) is 0 Å². The van der Waals surface area contributed by atoms with E-state index in [-0.39, 0.29) is 6.09 Å². The number of alkyl carbamates (subject to hydrolysis) is 1. The maximum Gasteiger partial charge on any atom is 0.407 e. The van der Waals surface area contributed by atoms with Crippen molar-refractivity contribution in [3.8, 4) is 0 Å². The molecule has 1 aromatic rings. The molecule has 19 heavy (non-hydrogen) atoms. The monoisotopic (exact) mass is 262 g/mol. The Morgan fingerprint density at radius 3 is 2.74 bits per heavy atom. The third kappa shape index (κ3) is 5.30. The van der Waals surface area contributed by atoms with Crippen molar-refractivity contribution in [1.29, 1.82) is 0 Å². The molecule has 4 nitrogen and oxygen atoms in total. The summed E-state index contributed by atoms with van der Waals surface area (Å²) < 4.78 is 5.16. The summed E-state index contributed by atoms with van der Waals surface area (Å²) in [6, 6.07) is 9.72. The first-order chi connectivity index (χ1) is 9.34. The molecule has 104 valence electrons. The van der Waals surface area contributed by atoms with E-state index in [0.29, 0.717) is 13.2 Å². The largest absolute Gasteiger partial charge is 0.445 e. The molecule has 1 heterocycles. The Morgan fingerprint density at radius 2 is 2.00 bits per heavy atom. The number of rotatable bonds is 5. The fourth-order valence-electron chi connectivity index (χ4n) is 2.32. The molecule has 0 saturated carbocycles. The molecule has 0 aromatic heterocycles. The molecule has 2 N–H and O–H groups in total. The molecule has 0 aliphatic carbocycles. The van der Waals surface area contributed by atoms with Gasteiger partial charge < -0.3 is 15.4 Å². The van der Waals surface area contributed by atoms with E-state index in [9.17, 15) is 4.79 Å². The van der Waals surface area contributed by atoms with Crippen LogP contribution in [0.2, 0.25) is 0 Å². The van der Waals surface area contributed by atoms with Crippen LogP contribution in [0.15, 0.2) is 30.3 Å². The molecule has 2 rings (SSSR count). The van der Waals surface area contributed by atoms with Gasteiger partial charge in [-0.05, 0) is 43.8 Å². The van der Waals surface area contributed by atoms with Gasteiger partial charge in [0.25, 0.3) is 0 Å². The summed E-state index contributed by atoms with van der Waals surface area (Å²) in [4.78, 5) is 11.5. The van der Waals surface area contributed by atoms with Gasteiger partial charge in [-0.1, -0.05) is 30.3 Å². The summed E-state index contributed by atoms with van der Waals surface area (Å²) in [6.07, 6.45) is 3.14. The molecule has 1 aliphatic rings. The molecule has 4 heteroatoms. The van der Waals surface area contributed by atoms with Crippen molar-refractivity contribution in [1.82, 2.24) is 10.6 Å². The van der Waals surface area contributed by atoms with E-state index in [1.165, 1.54) is 12.8 Å². The molecule has 0 radical (unpaired) electrons. The number of amides is 1. The topological polar surface area (TPSA) is 50.4 Å². The summed E-state index contributed by atoms with van der Waals surface area (Å²) in [5.41, 5.74) is 1.01. The lowest BCUT2D eigenvalue weighted by Gasteiger charge is -2.22. The summed E-state index contributed by atoms with van der Waals surface area (Å²) in [7, 11) is 0. The maximum atomic E-state index is 11.5. The second-order valence-corrected chi connectivity index (χ2v) is 4.97. The Kier molecular flexibility index (Phi) is 5.69. The molecule has 0 atom stereocenters. The third-order valence-electron chi connectivity index (χ3n) is 3.49. The van der Waals surface area contributed by atoms with E-state index in [1.807, 2.05) is 30.3 Å². The first kappa shape index (κ1) is 13.9. The number of hydrogen-bond acceptors (Lipinski definition) is 3. The molecule has 0 spiro atoms. The standard InChI is InChI=1S/C15H22N2O2/c18-15(19-12-14-4-2-1-3-5-14)17-11-8-13-6-9-16-10-7-13/h1-5,13,16H,6-12H2,(H,17,18). The van der Waals surface area contributed by atoms with Crippen LogP contribution in [-0.4, -0.2) is 25.7 Å². The lowest BCUT2D eigenvalue weighted by Crippen LogP contribution is -2.31. The second-order valence-electron chi connectivity index (χ2n) is 4.97. The fraction of sp³-hybridized carbons (Fsp3) is 0.533. The Labute approximate surface area is 114 Å². The summed E-state index contributed by atoms with van der Waals surface area (Å²) >= 11 is 0. The third-order valence-corrected chi connectivity index (χ3v) is 3.49. The lowest BCUT2D eigenvalue weighted by molar-refractivity contribution is 0.138. The average Bonchev–Trinajstić information content (AvgIpc) is 2.47. The highest BCUT2D eigenvalue weighted by atomic mass is 16.5. The first-order valence-electron chi connectivity index (χ1n) is 7.00. The van der Waals surface area contributed by atoms with Crippen molar-refractivity contribution in [2.75, 3.05) is 19.6 Å². The van der Waals surface area contributed by atoms with Gasteiger partial charge in [-0.3, -0.25) is 0 Å². The number of hydrogen-bond donors (Lipinski definition) is 2. The number of piperidine rings is 1. The summed E-state index contributed by atoms with van der Waals surface area (Å²) in [6.45, 7) is 3.24. The molecule has 1 amide bonds. The Hall–Kier alpha value is -1.55. The van der Waals surface area contributed by atoms with E-state index in [0.717, 1.165) is 31.0 Å². The van der Waals surface area contributed by atoms with Crippen molar-refractivity contribution in [2.45, 2.75) is 25.9 Å². The molecule has 1 fully saturated rings. The highest BCUT2D eigenvalue weighted by Crippen LogP contribution is 2.14. The zero-order valence-electron chi connectivity index (χ0n) is 11.2. The minimum atomic E-state index is -0.321. The SMILES string of the molecule is O=C(NCCC1CCNCC1)OCc1ccccc1. The van der Waals surface area contributed by atoms with Crippen LogP contribution in [0.4, 0.5) is 4.79 Å². The molecular formula is C15H22N2O2. The highest BCUT2D eigenvalue weighted by Gasteiger charge is 2.12. The van der Waals surface area contributed by atoms with Crippen molar-refractivity contribution in [3.63, 3.8) is 0 Å². The zero-order chi connectivity index (χ0) is 13.3. The Balaban J connectivity index is 1.57. The van der Waals surface area contributed by atoms with Gasteiger partial charge in [0.15, 0.2) is 0 Å². The van der Waals surface area contributed by atoms with Crippen LogP contribution in [0.5, 0.6) is 0 Å². The zero-order valence-corrected chi connectivity index (χ0v) is 11.2. The predicted molar refractivity (Wildman–Crippen MR) is 74.8 cm³/mol. The molecule has 0 bridgehead atoms. The summed E-state index contributed by atoms with van der Waals surface area (Å²) in [5.74, 6) is 0.732. The van der Waals surface area contributed by atoms with Gasteiger partial charge >= 0.3 is 6.09 Å². The van der Waals surface area contributed by atoms with Gasteiger partial charge in [0.2, 0.25) is 0 Å². The predicted octanol–water partition coefficient (Wildman–Crippen LogP) is 2.30. The number of benzene rings is 1. The van der Waals surface area contributed by atoms with Gasteiger partial charge in [-0.25, -0.2) is 4.79 Å².